The number of rotatable bonds is 3. The largest absolute Gasteiger partial charge is 0.131 e. The van der Waals surface area contributed by atoms with Crippen LogP contribution in [0.25, 0.3) is 0 Å². The molecule has 0 heterocycles. The van der Waals surface area contributed by atoms with Crippen molar-refractivity contribution < 1.29 is 0 Å². The van der Waals surface area contributed by atoms with Crippen LogP contribution in [0.2, 0.25) is 0 Å². The van der Waals surface area contributed by atoms with Gasteiger partial charge < -0.3 is 0 Å². The van der Waals surface area contributed by atoms with Crippen LogP contribution in [-0.2, 0) is 0 Å². The summed E-state index contributed by atoms with van der Waals surface area (Å²) in [6.07, 6.45) is 3.74. The van der Waals surface area contributed by atoms with Crippen molar-refractivity contribution in [2.24, 2.45) is 0 Å². The van der Waals surface area contributed by atoms with Crippen molar-refractivity contribution in [1.29, 1.82) is 0 Å². The van der Waals surface area contributed by atoms with Crippen LogP contribution in [0.3, 0.4) is 0 Å². The summed E-state index contributed by atoms with van der Waals surface area (Å²) in [5, 5.41) is 2.74. The molecule has 0 aliphatic carbocycles. The third kappa shape index (κ3) is 5.83. The minimum absolute atomic E-state index is 0.686. The second-order valence-corrected chi connectivity index (χ2v) is 3.24. The lowest BCUT2D eigenvalue weighted by Crippen LogP contribution is -1.79. The molecule has 0 aliphatic heterocycles. The maximum absolute atomic E-state index is 3.56. The van der Waals surface area contributed by atoms with Crippen molar-refractivity contribution >= 4 is 11.8 Å². The molecule has 1 heteroatoms. The standard InChI is InChI=1S/C7H12S/c1-4-5-6-8-7(2)3/h4-7H,1H2,2-3H3/b6-5+. The lowest BCUT2D eigenvalue weighted by atomic mass is 10.6. The normalized spacial score (nSPS) is 10.9. The van der Waals surface area contributed by atoms with Gasteiger partial charge in [0.15, 0.2) is 0 Å². The third-order valence-corrected chi connectivity index (χ3v) is 1.42. The Morgan fingerprint density at radius 2 is 2.12 bits per heavy atom. The molecule has 8 heavy (non-hydrogen) atoms. The van der Waals surface area contributed by atoms with E-state index >= 15 is 0 Å². The highest BCUT2D eigenvalue weighted by Crippen LogP contribution is 2.09. The summed E-state index contributed by atoms with van der Waals surface area (Å²) in [4.78, 5) is 0. The summed E-state index contributed by atoms with van der Waals surface area (Å²) in [5.74, 6) is 0. The third-order valence-electron chi connectivity index (χ3n) is 0.565. The summed E-state index contributed by atoms with van der Waals surface area (Å²) >= 11 is 1.80. The molecular weight excluding hydrogens is 116 g/mol. The van der Waals surface area contributed by atoms with E-state index in [1.54, 1.807) is 17.8 Å². The summed E-state index contributed by atoms with van der Waals surface area (Å²) < 4.78 is 0. The Labute approximate surface area is 55.7 Å². The maximum atomic E-state index is 3.56. The van der Waals surface area contributed by atoms with Gasteiger partial charge in [-0.15, -0.1) is 11.8 Å². The highest BCUT2D eigenvalue weighted by Gasteiger charge is 1.84. The first kappa shape index (κ1) is 7.83. The zero-order valence-corrected chi connectivity index (χ0v) is 6.24. The SMILES string of the molecule is C=C/C=C/SC(C)C. The first-order valence-electron chi connectivity index (χ1n) is 2.70. The number of hydrogen-bond acceptors (Lipinski definition) is 1. The molecule has 0 saturated carbocycles. The summed E-state index contributed by atoms with van der Waals surface area (Å²) in [6, 6.07) is 0. The van der Waals surface area contributed by atoms with Crippen molar-refractivity contribution in [1.82, 2.24) is 0 Å². The van der Waals surface area contributed by atoms with Gasteiger partial charge in [-0.05, 0) is 5.41 Å². The molecule has 0 aromatic carbocycles. The Morgan fingerprint density at radius 3 is 2.50 bits per heavy atom. The molecule has 0 spiro atoms. The topological polar surface area (TPSA) is 0 Å². The molecule has 0 aromatic heterocycles. The second-order valence-electron chi connectivity index (χ2n) is 1.75. The first-order chi connectivity index (χ1) is 3.77. The van der Waals surface area contributed by atoms with Crippen molar-refractivity contribution in [3.8, 4) is 0 Å². The van der Waals surface area contributed by atoms with Gasteiger partial charge in [-0.25, -0.2) is 0 Å². The minimum Gasteiger partial charge on any atom is -0.131 e. The molecule has 0 aromatic rings. The molecule has 0 amide bonds. The highest BCUT2D eigenvalue weighted by molar-refractivity contribution is 8.02. The van der Waals surface area contributed by atoms with E-state index in [0.717, 1.165) is 0 Å². The Hall–Kier alpha value is -0.170. The second kappa shape index (κ2) is 4.98. The number of allylic oxidation sites excluding steroid dienone is 2. The van der Waals surface area contributed by atoms with Crippen LogP contribution in [0.4, 0.5) is 0 Å². The van der Waals surface area contributed by atoms with Crippen molar-refractivity contribution in [2.45, 2.75) is 19.1 Å². The fraction of sp³-hybridized carbons (Fsp3) is 0.429. The van der Waals surface area contributed by atoms with Crippen LogP contribution in [0.5, 0.6) is 0 Å². The van der Waals surface area contributed by atoms with Gasteiger partial charge >= 0.3 is 0 Å². The molecular formula is C7H12S. The van der Waals surface area contributed by atoms with Gasteiger partial charge in [0.1, 0.15) is 0 Å². The van der Waals surface area contributed by atoms with Gasteiger partial charge in [0.2, 0.25) is 0 Å². The smallest absolute Gasteiger partial charge is 0.00317 e. The van der Waals surface area contributed by atoms with Crippen molar-refractivity contribution in [2.75, 3.05) is 0 Å². The van der Waals surface area contributed by atoms with Crippen LogP contribution < -0.4 is 0 Å². The van der Waals surface area contributed by atoms with Crippen LogP contribution in [0.1, 0.15) is 13.8 Å². The Balaban J connectivity index is 3.15. The van der Waals surface area contributed by atoms with Gasteiger partial charge in [-0.1, -0.05) is 32.6 Å². The lowest BCUT2D eigenvalue weighted by molar-refractivity contribution is 1.12. The quantitative estimate of drug-likeness (QED) is 0.527. The molecule has 0 rings (SSSR count). The first-order valence-corrected chi connectivity index (χ1v) is 3.64. The molecule has 0 saturated heterocycles. The van der Waals surface area contributed by atoms with Crippen molar-refractivity contribution in [3.63, 3.8) is 0 Å². The molecule has 0 bridgehead atoms. The average Bonchev–Trinajstić information content (AvgIpc) is 1.66. The van der Waals surface area contributed by atoms with Crippen LogP contribution >= 0.6 is 11.8 Å². The monoisotopic (exact) mass is 128 g/mol. The number of thioether (sulfide) groups is 1. The maximum Gasteiger partial charge on any atom is 0.00317 e. The van der Waals surface area contributed by atoms with Gasteiger partial charge in [0.05, 0.1) is 0 Å². The fourth-order valence-electron chi connectivity index (χ4n) is 0.258. The van der Waals surface area contributed by atoms with E-state index in [2.05, 4.69) is 25.8 Å². The Kier molecular flexibility index (Phi) is 4.87. The summed E-state index contributed by atoms with van der Waals surface area (Å²) in [5.41, 5.74) is 0. The summed E-state index contributed by atoms with van der Waals surface area (Å²) in [7, 11) is 0. The van der Waals surface area contributed by atoms with Crippen molar-refractivity contribution in [3.05, 3.63) is 24.1 Å². The average molecular weight is 128 g/mol. The Morgan fingerprint density at radius 1 is 1.50 bits per heavy atom. The molecule has 46 valence electrons. The highest BCUT2D eigenvalue weighted by atomic mass is 32.2. The summed E-state index contributed by atoms with van der Waals surface area (Å²) in [6.45, 7) is 7.89. The van der Waals surface area contributed by atoms with E-state index < -0.39 is 0 Å². The van der Waals surface area contributed by atoms with E-state index in [1.807, 2.05) is 6.08 Å². The van der Waals surface area contributed by atoms with Crippen LogP contribution in [-0.4, -0.2) is 5.25 Å². The molecule has 0 radical (unpaired) electrons. The lowest BCUT2D eigenvalue weighted by Gasteiger charge is -1.93. The predicted molar refractivity (Wildman–Crippen MR) is 42.1 cm³/mol. The molecule has 0 aliphatic rings. The van der Waals surface area contributed by atoms with Gasteiger partial charge in [0.25, 0.3) is 0 Å². The Bertz CT molecular complexity index is 82.4. The van der Waals surface area contributed by atoms with E-state index in [-0.39, 0.29) is 0 Å². The predicted octanol–water partition coefficient (Wildman–Crippen LogP) is 2.83. The zero-order valence-electron chi connectivity index (χ0n) is 5.42. The molecule has 0 fully saturated rings. The van der Waals surface area contributed by atoms with E-state index in [0.29, 0.717) is 5.25 Å². The molecule has 0 atom stereocenters. The van der Waals surface area contributed by atoms with Crippen LogP contribution in [0.15, 0.2) is 24.1 Å². The van der Waals surface area contributed by atoms with Gasteiger partial charge in [0, 0.05) is 5.25 Å². The minimum atomic E-state index is 0.686. The van der Waals surface area contributed by atoms with Gasteiger partial charge in [-0.3, -0.25) is 0 Å². The van der Waals surface area contributed by atoms with E-state index in [1.165, 1.54) is 0 Å². The molecule has 0 nitrogen and oxygen atoms in total. The van der Waals surface area contributed by atoms with E-state index in [4.69, 9.17) is 0 Å². The molecule has 0 unspecified atom stereocenters. The van der Waals surface area contributed by atoms with Crippen LogP contribution in [0, 0.1) is 0 Å². The zero-order chi connectivity index (χ0) is 6.41. The fourth-order valence-corrected chi connectivity index (χ4v) is 0.774. The number of hydrogen-bond donors (Lipinski definition) is 0. The van der Waals surface area contributed by atoms with Gasteiger partial charge in [-0.2, -0.15) is 0 Å². The molecule has 0 N–H and O–H groups in total. The van der Waals surface area contributed by atoms with E-state index in [9.17, 15) is 0 Å².